The van der Waals surface area contributed by atoms with Gasteiger partial charge in [0, 0.05) is 39.1 Å². The molecular weight excluding hydrogens is 268 g/mol. The molecule has 1 aromatic heterocycles. The molecule has 1 aliphatic rings. The number of rotatable bonds is 2. The Bertz CT molecular complexity index is 583. The lowest BCUT2D eigenvalue weighted by Crippen LogP contribution is -2.63. The summed E-state index contributed by atoms with van der Waals surface area (Å²) < 4.78 is 0. The number of aryl methyl sites for hydroxylation is 1. The zero-order chi connectivity index (χ0) is 15.8. The third-order valence-corrected chi connectivity index (χ3v) is 3.99. The molecule has 1 aliphatic heterocycles. The first-order valence-corrected chi connectivity index (χ1v) is 7.01. The van der Waals surface area contributed by atoms with Crippen LogP contribution in [0.5, 0.6) is 0 Å². The SMILES string of the molecule is CNc1cc(C)ncc1C(=O)N1CCN(C)C(=O)C1(C)C. The van der Waals surface area contributed by atoms with E-state index in [1.165, 1.54) is 0 Å². The minimum Gasteiger partial charge on any atom is -0.387 e. The average Bonchev–Trinajstić information content (AvgIpc) is 2.44. The zero-order valence-corrected chi connectivity index (χ0v) is 13.2. The molecule has 2 rings (SSSR count). The lowest BCUT2D eigenvalue weighted by Gasteiger charge is -2.44. The van der Waals surface area contributed by atoms with Crippen LogP contribution in [0.1, 0.15) is 29.9 Å². The minimum atomic E-state index is -0.847. The van der Waals surface area contributed by atoms with Crippen molar-refractivity contribution in [1.29, 1.82) is 0 Å². The fraction of sp³-hybridized carbons (Fsp3) is 0.533. The second-order valence-corrected chi connectivity index (χ2v) is 5.86. The third kappa shape index (κ3) is 2.57. The van der Waals surface area contributed by atoms with Gasteiger partial charge >= 0.3 is 0 Å². The first-order valence-electron chi connectivity index (χ1n) is 7.01. The van der Waals surface area contributed by atoms with Gasteiger partial charge in [-0.15, -0.1) is 0 Å². The number of aromatic nitrogens is 1. The smallest absolute Gasteiger partial charge is 0.258 e. The maximum Gasteiger partial charge on any atom is 0.258 e. The maximum atomic E-state index is 12.8. The van der Waals surface area contributed by atoms with E-state index in [0.717, 1.165) is 11.4 Å². The van der Waals surface area contributed by atoms with Crippen molar-refractivity contribution in [3.8, 4) is 0 Å². The molecule has 6 heteroatoms. The summed E-state index contributed by atoms with van der Waals surface area (Å²) in [7, 11) is 3.53. The van der Waals surface area contributed by atoms with Crippen LogP contribution in [0, 0.1) is 6.92 Å². The molecule has 6 nitrogen and oxygen atoms in total. The molecule has 0 saturated carbocycles. The minimum absolute atomic E-state index is 0.0480. The number of pyridine rings is 1. The van der Waals surface area contributed by atoms with Crippen molar-refractivity contribution in [2.24, 2.45) is 0 Å². The number of carbonyl (C=O) groups is 2. The molecule has 0 spiro atoms. The summed E-state index contributed by atoms with van der Waals surface area (Å²) in [5.41, 5.74) is 1.22. The van der Waals surface area contributed by atoms with E-state index in [1.807, 2.05) is 13.0 Å². The van der Waals surface area contributed by atoms with Gasteiger partial charge in [0.1, 0.15) is 5.54 Å². The number of nitrogens with zero attached hydrogens (tertiary/aromatic N) is 3. The van der Waals surface area contributed by atoms with Crippen LogP contribution in [0.2, 0.25) is 0 Å². The highest BCUT2D eigenvalue weighted by atomic mass is 16.2. The van der Waals surface area contributed by atoms with Gasteiger partial charge in [-0.25, -0.2) is 0 Å². The van der Waals surface area contributed by atoms with Gasteiger partial charge < -0.3 is 15.1 Å². The molecule has 1 saturated heterocycles. The van der Waals surface area contributed by atoms with E-state index in [1.54, 1.807) is 43.9 Å². The molecule has 0 aliphatic carbocycles. The van der Waals surface area contributed by atoms with Crippen molar-refractivity contribution in [3.63, 3.8) is 0 Å². The Hall–Kier alpha value is -2.11. The van der Waals surface area contributed by atoms with Crippen LogP contribution in [0.4, 0.5) is 5.69 Å². The van der Waals surface area contributed by atoms with Gasteiger partial charge in [0.15, 0.2) is 0 Å². The molecule has 0 aromatic carbocycles. The number of hydrogen-bond acceptors (Lipinski definition) is 4. The summed E-state index contributed by atoms with van der Waals surface area (Å²) in [6.45, 7) is 6.50. The Morgan fingerprint density at radius 2 is 2.05 bits per heavy atom. The standard InChI is InChI=1S/C15H22N4O2/c1-10-8-12(16-4)11(9-17-10)13(20)19-7-6-18(5)14(21)15(19,2)3/h8-9H,6-7H2,1-5H3,(H,16,17). The van der Waals surface area contributed by atoms with Gasteiger partial charge in [-0.1, -0.05) is 0 Å². The Morgan fingerprint density at radius 1 is 1.38 bits per heavy atom. The summed E-state index contributed by atoms with van der Waals surface area (Å²) in [6, 6.07) is 1.83. The van der Waals surface area contributed by atoms with Gasteiger partial charge in [0.2, 0.25) is 5.91 Å². The molecule has 0 radical (unpaired) electrons. The van der Waals surface area contributed by atoms with E-state index < -0.39 is 5.54 Å². The Morgan fingerprint density at radius 3 is 2.67 bits per heavy atom. The molecule has 2 amide bonds. The van der Waals surface area contributed by atoms with Crippen LogP contribution >= 0.6 is 0 Å². The topological polar surface area (TPSA) is 65.5 Å². The summed E-state index contributed by atoms with van der Waals surface area (Å²) in [5, 5.41) is 3.02. The van der Waals surface area contributed by atoms with E-state index in [9.17, 15) is 9.59 Å². The molecule has 1 N–H and O–H groups in total. The average molecular weight is 290 g/mol. The quantitative estimate of drug-likeness (QED) is 0.886. The van der Waals surface area contributed by atoms with Crippen molar-refractivity contribution in [1.82, 2.24) is 14.8 Å². The van der Waals surface area contributed by atoms with Gasteiger partial charge in [-0.05, 0) is 26.8 Å². The van der Waals surface area contributed by atoms with Gasteiger partial charge in [-0.2, -0.15) is 0 Å². The van der Waals surface area contributed by atoms with E-state index >= 15 is 0 Å². The van der Waals surface area contributed by atoms with E-state index in [4.69, 9.17) is 0 Å². The van der Waals surface area contributed by atoms with Gasteiger partial charge in [0.25, 0.3) is 5.91 Å². The highest BCUT2D eigenvalue weighted by Gasteiger charge is 2.43. The van der Waals surface area contributed by atoms with Crippen molar-refractivity contribution in [2.75, 3.05) is 32.5 Å². The van der Waals surface area contributed by atoms with Crippen molar-refractivity contribution >= 4 is 17.5 Å². The van der Waals surface area contributed by atoms with Gasteiger partial charge in [-0.3, -0.25) is 14.6 Å². The van der Waals surface area contributed by atoms with Crippen LogP contribution in [-0.4, -0.2) is 59.3 Å². The van der Waals surface area contributed by atoms with E-state index in [-0.39, 0.29) is 11.8 Å². The number of carbonyl (C=O) groups excluding carboxylic acids is 2. The number of anilines is 1. The number of likely N-dealkylation sites (N-methyl/N-ethyl adjacent to an activating group) is 1. The first kappa shape index (κ1) is 15.3. The normalized spacial score (nSPS) is 17.9. The fourth-order valence-electron chi connectivity index (χ4n) is 2.65. The molecule has 0 bridgehead atoms. The van der Waals surface area contributed by atoms with Crippen molar-refractivity contribution < 1.29 is 9.59 Å². The highest BCUT2D eigenvalue weighted by molar-refractivity contribution is 6.03. The molecule has 2 heterocycles. The van der Waals surface area contributed by atoms with Crippen LogP contribution < -0.4 is 5.32 Å². The number of amides is 2. The second-order valence-electron chi connectivity index (χ2n) is 5.86. The first-order chi connectivity index (χ1) is 9.78. The molecule has 1 fully saturated rings. The summed E-state index contributed by atoms with van der Waals surface area (Å²) in [5.74, 6) is -0.216. The molecule has 1 aromatic rings. The Labute approximate surface area is 125 Å². The zero-order valence-electron chi connectivity index (χ0n) is 13.2. The monoisotopic (exact) mass is 290 g/mol. The lowest BCUT2D eigenvalue weighted by atomic mass is 9.96. The number of piperazine rings is 1. The second kappa shape index (κ2) is 5.35. The van der Waals surface area contributed by atoms with Crippen molar-refractivity contribution in [2.45, 2.75) is 26.3 Å². The predicted molar refractivity (Wildman–Crippen MR) is 81.3 cm³/mol. The number of hydrogen-bond donors (Lipinski definition) is 1. The molecule has 114 valence electrons. The van der Waals surface area contributed by atoms with Crippen LogP contribution in [0.3, 0.4) is 0 Å². The Balaban J connectivity index is 2.38. The Kier molecular flexibility index (Phi) is 3.89. The summed E-state index contributed by atoms with van der Waals surface area (Å²) in [6.07, 6.45) is 1.57. The molecule has 21 heavy (non-hydrogen) atoms. The van der Waals surface area contributed by atoms with Crippen molar-refractivity contribution in [3.05, 3.63) is 23.5 Å². The van der Waals surface area contributed by atoms with E-state index in [2.05, 4.69) is 10.3 Å². The highest BCUT2D eigenvalue weighted by Crippen LogP contribution is 2.26. The summed E-state index contributed by atoms with van der Waals surface area (Å²) >= 11 is 0. The van der Waals surface area contributed by atoms with Gasteiger partial charge in [0.05, 0.1) is 11.3 Å². The molecule has 0 unspecified atom stereocenters. The molecule has 0 atom stereocenters. The van der Waals surface area contributed by atoms with Crippen LogP contribution in [0.15, 0.2) is 12.3 Å². The maximum absolute atomic E-state index is 12.8. The number of nitrogens with one attached hydrogen (secondary N) is 1. The van der Waals surface area contributed by atoms with Crippen LogP contribution in [0.25, 0.3) is 0 Å². The molecular formula is C15H22N4O2. The predicted octanol–water partition coefficient (Wildman–Crippen LogP) is 1.12. The van der Waals surface area contributed by atoms with E-state index in [0.29, 0.717) is 18.7 Å². The lowest BCUT2D eigenvalue weighted by molar-refractivity contribution is -0.144. The van der Waals surface area contributed by atoms with Crippen LogP contribution in [-0.2, 0) is 4.79 Å². The fourth-order valence-corrected chi connectivity index (χ4v) is 2.65. The third-order valence-electron chi connectivity index (χ3n) is 3.99. The largest absolute Gasteiger partial charge is 0.387 e. The summed E-state index contributed by atoms with van der Waals surface area (Å²) in [4.78, 5) is 32.6.